The molecule has 16 heavy (non-hydrogen) atoms. The monoisotopic (exact) mass is 227 g/mol. The molecule has 0 heterocycles. The molecule has 0 atom stereocenters. The Morgan fingerprint density at radius 2 is 1.81 bits per heavy atom. The number of hydrogen-bond donors (Lipinski definition) is 1. The molecule has 0 radical (unpaired) electrons. The van der Waals surface area contributed by atoms with Gasteiger partial charge in [-0.2, -0.15) is 0 Å². The molecule has 0 fully saturated rings. The molecule has 0 aromatic heterocycles. The first-order chi connectivity index (χ1) is 7.68. The van der Waals surface area contributed by atoms with Gasteiger partial charge in [0.05, 0.1) is 0 Å². The highest BCUT2D eigenvalue weighted by Crippen LogP contribution is 1.96. The van der Waals surface area contributed by atoms with E-state index >= 15 is 0 Å². The third-order valence-corrected chi connectivity index (χ3v) is 2.28. The Bertz CT molecular complexity index is 202. The van der Waals surface area contributed by atoms with Crippen LogP contribution in [0, 0.1) is 0 Å². The first-order valence-electron chi connectivity index (χ1n) is 6.20. The highest BCUT2D eigenvalue weighted by Gasteiger charge is 1.99. The van der Waals surface area contributed by atoms with Crippen LogP contribution in [0.5, 0.6) is 0 Å². The molecule has 3 nitrogen and oxygen atoms in total. The number of nitrogens with one attached hydrogen (secondary N) is 1. The molecule has 0 unspecified atom stereocenters. The number of rotatable bonds is 10. The van der Waals surface area contributed by atoms with Gasteiger partial charge in [-0.15, -0.1) is 0 Å². The van der Waals surface area contributed by atoms with E-state index in [1.807, 2.05) is 0 Å². The zero-order valence-corrected chi connectivity index (χ0v) is 10.7. The van der Waals surface area contributed by atoms with Gasteiger partial charge < -0.3 is 10.1 Å². The van der Waals surface area contributed by atoms with E-state index < -0.39 is 0 Å². The number of unbranched alkanes of at least 4 members (excludes halogenated alkanes) is 3. The normalized spacial score (nSPS) is 10.1. The van der Waals surface area contributed by atoms with Gasteiger partial charge >= 0.3 is 0 Å². The van der Waals surface area contributed by atoms with Crippen LogP contribution in [0.15, 0.2) is 12.2 Å². The summed E-state index contributed by atoms with van der Waals surface area (Å²) in [7, 11) is 0. The molecule has 0 aliphatic rings. The van der Waals surface area contributed by atoms with Crippen molar-refractivity contribution in [2.45, 2.75) is 46.0 Å². The van der Waals surface area contributed by atoms with E-state index in [9.17, 15) is 4.79 Å². The summed E-state index contributed by atoms with van der Waals surface area (Å²) >= 11 is 0. The Kier molecular flexibility index (Phi) is 10.1. The Labute approximate surface area is 99.3 Å². The molecule has 0 spiro atoms. The maximum atomic E-state index is 11.1. The molecule has 0 aromatic carbocycles. The zero-order valence-electron chi connectivity index (χ0n) is 10.7. The second kappa shape index (κ2) is 10.7. The minimum absolute atomic E-state index is 0.0520. The van der Waals surface area contributed by atoms with Gasteiger partial charge in [0, 0.05) is 25.3 Å². The summed E-state index contributed by atoms with van der Waals surface area (Å²) in [5, 5.41) is 2.80. The average Bonchev–Trinajstić information content (AvgIpc) is 2.26. The van der Waals surface area contributed by atoms with E-state index in [-0.39, 0.29) is 5.91 Å². The highest BCUT2D eigenvalue weighted by molar-refractivity contribution is 5.91. The van der Waals surface area contributed by atoms with Crippen molar-refractivity contribution >= 4 is 5.91 Å². The van der Waals surface area contributed by atoms with Gasteiger partial charge in [-0.3, -0.25) is 4.79 Å². The Morgan fingerprint density at radius 1 is 1.19 bits per heavy atom. The second-order valence-electron chi connectivity index (χ2n) is 4.06. The van der Waals surface area contributed by atoms with E-state index in [1.165, 1.54) is 12.8 Å². The number of carbonyl (C=O) groups is 1. The van der Waals surface area contributed by atoms with Crippen LogP contribution in [0.3, 0.4) is 0 Å². The van der Waals surface area contributed by atoms with E-state index in [0.717, 1.165) is 32.5 Å². The molecule has 0 saturated heterocycles. The van der Waals surface area contributed by atoms with E-state index in [1.54, 1.807) is 6.92 Å². The van der Waals surface area contributed by atoms with Crippen LogP contribution in [0.2, 0.25) is 0 Å². The first-order valence-corrected chi connectivity index (χ1v) is 6.20. The van der Waals surface area contributed by atoms with Crippen molar-refractivity contribution in [3.8, 4) is 0 Å². The summed E-state index contributed by atoms with van der Waals surface area (Å²) in [4.78, 5) is 11.1. The van der Waals surface area contributed by atoms with E-state index in [2.05, 4.69) is 18.8 Å². The van der Waals surface area contributed by atoms with Gasteiger partial charge in [-0.05, 0) is 26.2 Å². The third-order valence-electron chi connectivity index (χ3n) is 2.28. The van der Waals surface area contributed by atoms with Crippen molar-refractivity contribution in [3.63, 3.8) is 0 Å². The fourth-order valence-corrected chi connectivity index (χ4v) is 1.24. The van der Waals surface area contributed by atoms with Crippen LogP contribution in [-0.4, -0.2) is 25.7 Å². The van der Waals surface area contributed by atoms with Crippen LogP contribution < -0.4 is 5.32 Å². The third kappa shape index (κ3) is 9.71. The second-order valence-corrected chi connectivity index (χ2v) is 4.06. The summed E-state index contributed by atoms with van der Waals surface area (Å²) < 4.78 is 5.46. The van der Waals surface area contributed by atoms with Crippen LogP contribution >= 0.6 is 0 Å². The lowest BCUT2D eigenvalue weighted by Crippen LogP contribution is -2.24. The molecule has 0 saturated carbocycles. The lowest BCUT2D eigenvalue weighted by Gasteiger charge is -2.05. The maximum absolute atomic E-state index is 11.1. The van der Waals surface area contributed by atoms with Crippen molar-refractivity contribution in [3.05, 3.63) is 12.2 Å². The van der Waals surface area contributed by atoms with Crippen molar-refractivity contribution in [2.75, 3.05) is 19.8 Å². The molecule has 1 amide bonds. The molecular weight excluding hydrogens is 202 g/mol. The van der Waals surface area contributed by atoms with Crippen molar-refractivity contribution in [1.82, 2.24) is 5.32 Å². The fourth-order valence-electron chi connectivity index (χ4n) is 1.24. The first kappa shape index (κ1) is 15.2. The van der Waals surface area contributed by atoms with Crippen LogP contribution in [0.4, 0.5) is 0 Å². The number of hydrogen-bond acceptors (Lipinski definition) is 2. The summed E-state index contributed by atoms with van der Waals surface area (Å²) in [6.07, 6.45) is 5.60. The summed E-state index contributed by atoms with van der Waals surface area (Å²) in [5.74, 6) is -0.0520. The molecule has 0 aliphatic carbocycles. The Morgan fingerprint density at radius 3 is 2.38 bits per heavy atom. The molecule has 1 N–H and O–H groups in total. The fraction of sp³-hybridized carbons (Fsp3) is 0.769. The topological polar surface area (TPSA) is 38.3 Å². The molecule has 0 bridgehead atoms. The SMILES string of the molecule is C=C(C)C(=O)NCCCCOCCCCC. The van der Waals surface area contributed by atoms with Gasteiger partial charge in [-0.1, -0.05) is 26.3 Å². The molecule has 0 aliphatic heterocycles. The van der Waals surface area contributed by atoms with Gasteiger partial charge in [0.25, 0.3) is 0 Å². The van der Waals surface area contributed by atoms with Crippen LogP contribution in [0.25, 0.3) is 0 Å². The summed E-state index contributed by atoms with van der Waals surface area (Å²) in [6, 6.07) is 0. The number of carbonyl (C=O) groups excluding carboxylic acids is 1. The van der Waals surface area contributed by atoms with Gasteiger partial charge in [0.15, 0.2) is 0 Å². The molecule has 0 rings (SSSR count). The smallest absolute Gasteiger partial charge is 0.246 e. The maximum Gasteiger partial charge on any atom is 0.246 e. The van der Waals surface area contributed by atoms with Crippen molar-refractivity contribution in [2.24, 2.45) is 0 Å². The van der Waals surface area contributed by atoms with E-state index in [4.69, 9.17) is 4.74 Å². The lowest BCUT2D eigenvalue weighted by atomic mass is 10.2. The minimum atomic E-state index is -0.0520. The van der Waals surface area contributed by atoms with E-state index in [0.29, 0.717) is 12.1 Å². The minimum Gasteiger partial charge on any atom is -0.381 e. The molecule has 0 aromatic rings. The van der Waals surface area contributed by atoms with Crippen LogP contribution in [-0.2, 0) is 9.53 Å². The average molecular weight is 227 g/mol. The number of amides is 1. The van der Waals surface area contributed by atoms with Gasteiger partial charge in [0.1, 0.15) is 0 Å². The Hall–Kier alpha value is -0.830. The molecular formula is C13H25NO2. The van der Waals surface area contributed by atoms with Crippen molar-refractivity contribution < 1.29 is 9.53 Å². The zero-order chi connectivity index (χ0) is 12.2. The standard InChI is InChI=1S/C13H25NO2/c1-4-5-7-10-16-11-8-6-9-14-13(15)12(2)3/h2,4-11H2,1,3H3,(H,14,15). The quantitative estimate of drug-likeness (QED) is 0.460. The highest BCUT2D eigenvalue weighted by atomic mass is 16.5. The number of ether oxygens (including phenoxy) is 1. The largest absolute Gasteiger partial charge is 0.381 e. The predicted octanol–water partition coefficient (Wildman–Crippen LogP) is 2.67. The van der Waals surface area contributed by atoms with Crippen LogP contribution in [0.1, 0.15) is 46.0 Å². The van der Waals surface area contributed by atoms with Gasteiger partial charge in [-0.25, -0.2) is 0 Å². The molecule has 94 valence electrons. The summed E-state index contributed by atoms with van der Waals surface area (Å²) in [5.41, 5.74) is 0.566. The van der Waals surface area contributed by atoms with Gasteiger partial charge in [0.2, 0.25) is 5.91 Å². The predicted molar refractivity (Wildman–Crippen MR) is 67.4 cm³/mol. The molecule has 3 heteroatoms. The summed E-state index contributed by atoms with van der Waals surface area (Å²) in [6.45, 7) is 9.85. The lowest BCUT2D eigenvalue weighted by molar-refractivity contribution is -0.117. The van der Waals surface area contributed by atoms with Crippen molar-refractivity contribution in [1.29, 1.82) is 0 Å². The Balaban J connectivity index is 3.10.